The number of rotatable bonds is 3. The first-order valence-electron chi connectivity index (χ1n) is 6.79. The molecule has 0 aliphatic carbocycles. The molecule has 3 rings (SSSR count). The summed E-state index contributed by atoms with van der Waals surface area (Å²) in [7, 11) is 0. The van der Waals surface area contributed by atoms with Crippen molar-refractivity contribution in [1.82, 2.24) is 10.2 Å². The Labute approximate surface area is 152 Å². The Morgan fingerprint density at radius 2 is 1.91 bits per heavy atom. The van der Waals surface area contributed by atoms with Gasteiger partial charge in [-0.1, -0.05) is 17.7 Å². The van der Waals surface area contributed by atoms with Gasteiger partial charge in [0.1, 0.15) is 0 Å². The number of hydrogen-bond acceptors (Lipinski definition) is 4. The summed E-state index contributed by atoms with van der Waals surface area (Å²) in [4.78, 5) is 3.80. The normalized spacial score (nSPS) is 16.4. The zero-order chi connectivity index (χ0) is 13.9. The van der Waals surface area contributed by atoms with Crippen molar-refractivity contribution in [3.63, 3.8) is 0 Å². The number of nitrogens with zero attached hydrogens (tertiary/aromatic N) is 1. The lowest BCUT2D eigenvalue weighted by Gasteiger charge is -2.35. The van der Waals surface area contributed by atoms with Crippen LogP contribution in [0.4, 0.5) is 5.69 Å². The van der Waals surface area contributed by atoms with Crippen molar-refractivity contribution < 1.29 is 0 Å². The number of nitrogens with two attached hydrogens (primary N) is 1. The molecule has 0 amide bonds. The molecule has 0 spiro atoms. The molecule has 1 atom stereocenters. The number of benzene rings is 1. The highest BCUT2D eigenvalue weighted by Gasteiger charge is 2.26. The summed E-state index contributed by atoms with van der Waals surface area (Å²) < 4.78 is 0. The maximum atomic E-state index is 6.21. The second-order valence-electron chi connectivity index (χ2n) is 4.98. The molecule has 1 aliphatic heterocycles. The summed E-state index contributed by atoms with van der Waals surface area (Å²) in [5.41, 5.74) is 8.13. The topological polar surface area (TPSA) is 41.3 Å². The lowest BCUT2D eigenvalue weighted by atomic mass is 10.0. The summed E-state index contributed by atoms with van der Waals surface area (Å²) in [6, 6.07) is 10.2. The standard InChI is InChI=1S/C15H18ClN3S.2ClH/c16-11-3-4-13(17)12(10-11)15(14-2-1-9-20-14)19-7-5-18-6-8-19;;/h1-4,9-10,15,18H,5-8,17H2;2*1H/t15-;;/m0../s1. The van der Waals surface area contributed by atoms with Crippen LogP contribution in [0.25, 0.3) is 0 Å². The Kier molecular flexibility index (Phi) is 7.97. The van der Waals surface area contributed by atoms with Gasteiger partial charge in [-0.15, -0.1) is 36.2 Å². The van der Waals surface area contributed by atoms with Crippen LogP contribution in [0.15, 0.2) is 35.7 Å². The molecular formula is C15H20Cl3N3S. The van der Waals surface area contributed by atoms with E-state index in [9.17, 15) is 0 Å². The maximum absolute atomic E-state index is 6.21. The predicted octanol–water partition coefficient (Wildman–Crippen LogP) is 3.82. The average Bonchev–Trinajstić information content (AvgIpc) is 2.98. The SMILES string of the molecule is Cl.Cl.Nc1ccc(Cl)cc1[C@@H](c1cccs1)N1CCNCC1. The molecule has 0 saturated carbocycles. The van der Waals surface area contributed by atoms with E-state index in [-0.39, 0.29) is 30.9 Å². The summed E-state index contributed by atoms with van der Waals surface area (Å²) in [5.74, 6) is 0. The monoisotopic (exact) mass is 379 g/mol. The van der Waals surface area contributed by atoms with Crippen LogP contribution in [0.1, 0.15) is 16.5 Å². The van der Waals surface area contributed by atoms with Crippen LogP contribution in [0, 0.1) is 0 Å². The minimum atomic E-state index is 0. The number of nitrogen functional groups attached to an aromatic ring is 1. The summed E-state index contributed by atoms with van der Waals surface area (Å²) in [6.45, 7) is 4.08. The number of piperazine rings is 1. The Bertz CT molecular complexity index is 571. The number of nitrogens with one attached hydrogen (secondary N) is 1. The highest BCUT2D eigenvalue weighted by molar-refractivity contribution is 7.10. The fourth-order valence-electron chi connectivity index (χ4n) is 2.70. The molecule has 1 fully saturated rings. The van der Waals surface area contributed by atoms with Gasteiger partial charge in [0.2, 0.25) is 0 Å². The number of halogens is 3. The van der Waals surface area contributed by atoms with Crippen molar-refractivity contribution in [2.75, 3.05) is 31.9 Å². The number of thiophene rings is 1. The largest absolute Gasteiger partial charge is 0.398 e. The second kappa shape index (κ2) is 8.96. The van der Waals surface area contributed by atoms with Gasteiger partial charge in [-0.3, -0.25) is 4.90 Å². The van der Waals surface area contributed by atoms with Crippen LogP contribution in [0.3, 0.4) is 0 Å². The predicted molar refractivity (Wildman–Crippen MR) is 101 cm³/mol. The van der Waals surface area contributed by atoms with Gasteiger partial charge < -0.3 is 11.1 Å². The lowest BCUT2D eigenvalue weighted by molar-refractivity contribution is 0.201. The third kappa shape index (κ3) is 4.28. The molecular weight excluding hydrogens is 361 g/mol. The summed E-state index contributed by atoms with van der Waals surface area (Å²) >= 11 is 7.95. The lowest BCUT2D eigenvalue weighted by Crippen LogP contribution is -2.45. The van der Waals surface area contributed by atoms with E-state index in [1.54, 1.807) is 11.3 Å². The highest BCUT2D eigenvalue weighted by atomic mass is 35.5. The molecule has 3 N–H and O–H groups in total. The van der Waals surface area contributed by atoms with Gasteiger partial charge in [0.05, 0.1) is 6.04 Å². The first-order valence-corrected chi connectivity index (χ1v) is 8.04. The van der Waals surface area contributed by atoms with E-state index >= 15 is 0 Å². The average molecular weight is 381 g/mol. The first kappa shape index (κ1) is 19.6. The van der Waals surface area contributed by atoms with Gasteiger partial charge in [-0.2, -0.15) is 0 Å². The van der Waals surface area contributed by atoms with Crippen molar-refractivity contribution in [1.29, 1.82) is 0 Å². The minimum Gasteiger partial charge on any atom is -0.398 e. The van der Waals surface area contributed by atoms with E-state index < -0.39 is 0 Å². The van der Waals surface area contributed by atoms with E-state index in [2.05, 4.69) is 27.7 Å². The zero-order valence-corrected chi connectivity index (χ0v) is 15.2. The van der Waals surface area contributed by atoms with Crippen LogP contribution >= 0.6 is 47.8 Å². The summed E-state index contributed by atoms with van der Waals surface area (Å²) in [5, 5.41) is 6.25. The Balaban J connectivity index is 0.00000121. The van der Waals surface area contributed by atoms with E-state index in [0.29, 0.717) is 0 Å². The van der Waals surface area contributed by atoms with Gasteiger partial charge in [-0.05, 0) is 35.2 Å². The van der Waals surface area contributed by atoms with Crippen molar-refractivity contribution in [3.05, 3.63) is 51.2 Å². The molecule has 7 heteroatoms. The number of anilines is 1. The molecule has 22 heavy (non-hydrogen) atoms. The Hall–Kier alpha value is -0.490. The quantitative estimate of drug-likeness (QED) is 0.795. The van der Waals surface area contributed by atoms with E-state index in [1.807, 2.05) is 18.2 Å². The van der Waals surface area contributed by atoms with Gasteiger partial charge in [0, 0.05) is 41.8 Å². The number of hydrogen-bond donors (Lipinski definition) is 2. The Morgan fingerprint density at radius 3 is 2.55 bits per heavy atom. The zero-order valence-electron chi connectivity index (χ0n) is 12.0. The third-order valence-corrected chi connectivity index (χ3v) is 4.83. The van der Waals surface area contributed by atoms with Crippen molar-refractivity contribution in [2.24, 2.45) is 0 Å². The van der Waals surface area contributed by atoms with Gasteiger partial charge >= 0.3 is 0 Å². The molecule has 0 unspecified atom stereocenters. The van der Waals surface area contributed by atoms with Gasteiger partial charge in [0.15, 0.2) is 0 Å². The van der Waals surface area contributed by atoms with Gasteiger partial charge in [0.25, 0.3) is 0 Å². The molecule has 0 bridgehead atoms. The second-order valence-corrected chi connectivity index (χ2v) is 6.39. The Morgan fingerprint density at radius 1 is 1.18 bits per heavy atom. The van der Waals surface area contributed by atoms with Crippen molar-refractivity contribution >= 4 is 53.4 Å². The molecule has 122 valence electrons. The van der Waals surface area contributed by atoms with E-state index in [1.165, 1.54) is 4.88 Å². The van der Waals surface area contributed by atoms with E-state index in [4.69, 9.17) is 17.3 Å². The molecule has 1 saturated heterocycles. The molecule has 0 radical (unpaired) electrons. The molecule has 2 heterocycles. The third-order valence-electron chi connectivity index (χ3n) is 3.67. The van der Waals surface area contributed by atoms with Crippen molar-refractivity contribution in [2.45, 2.75) is 6.04 Å². The molecule has 3 nitrogen and oxygen atoms in total. The first-order chi connectivity index (χ1) is 9.75. The van der Waals surface area contributed by atoms with Crippen LogP contribution < -0.4 is 11.1 Å². The van der Waals surface area contributed by atoms with Gasteiger partial charge in [-0.25, -0.2) is 0 Å². The highest BCUT2D eigenvalue weighted by Crippen LogP contribution is 2.36. The van der Waals surface area contributed by atoms with Crippen LogP contribution in [-0.4, -0.2) is 31.1 Å². The van der Waals surface area contributed by atoms with Crippen LogP contribution in [0.5, 0.6) is 0 Å². The van der Waals surface area contributed by atoms with Crippen LogP contribution in [-0.2, 0) is 0 Å². The molecule has 2 aromatic rings. The molecule has 1 aromatic heterocycles. The smallest absolute Gasteiger partial charge is 0.0717 e. The maximum Gasteiger partial charge on any atom is 0.0717 e. The summed E-state index contributed by atoms with van der Waals surface area (Å²) in [6.07, 6.45) is 0. The van der Waals surface area contributed by atoms with Crippen LogP contribution in [0.2, 0.25) is 5.02 Å². The molecule has 1 aliphatic rings. The fourth-order valence-corrected chi connectivity index (χ4v) is 3.76. The van der Waals surface area contributed by atoms with Crippen molar-refractivity contribution in [3.8, 4) is 0 Å². The van der Waals surface area contributed by atoms with E-state index in [0.717, 1.165) is 42.5 Å². The molecule has 1 aromatic carbocycles. The fraction of sp³-hybridized carbons (Fsp3) is 0.333. The minimum absolute atomic E-state index is 0.